The smallest absolute Gasteiger partial charge is 0.283 e. The Bertz CT molecular complexity index is 827. The van der Waals surface area contributed by atoms with Crippen molar-refractivity contribution in [2.75, 3.05) is 26.3 Å². The lowest BCUT2D eigenvalue weighted by atomic mass is 10.1. The number of benzene rings is 1. The number of thioether (sulfide) groups is 1. The number of carbonyl (C=O) groups excluding carboxylic acids is 1. The fourth-order valence-electron chi connectivity index (χ4n) is 2.59. The molecule has 3 heterocycles. The van der Waals surface area contributed by atoms with Gasteiger partial charge in [0.1, 0.15) is 0 Å². The van der Waals surface area contributed by atoms with Crippen LogP contribution < -0.4 is 0 Å². The van der Waals surface area contributed by atoms with E-state index < -0.39 is 5.91 Å². The Morgan fingerprint density at radius 1 is 1.20 bits per heavy atom. The number of hydrogen-bond donors (Lipinski definition) is 1. The Morgan fingerprint density at radius 2 is 1.92 bits per heavy atom. The van der Waals surface area contributed by atoms with E-state index >= 15 is 0 Å². The Kier molecular flexibility index (Phi) is 4.45. The lowest BCUT2D eigenvalue weighted by molar-refractivity contribution is -0.114. The molecule has 0 unspecified atom stereocenters. The summed E-state index contributed by atoms with van der Waals surface area (Å²) in [6.07, 6.45) is 1.67. The van der Waals surface area contributed by atoms with E-state index in [1.165, 1.54) is 16.8 Å². The van der Waals surface area contributed by atoms with E-state index in [1.54, 1.807) is 6.08 Å². The largest absolute Gasteiger partial charge is 0.378 e. The van der Waals surface area contributed by atoms with Crippen LogP contribution in [0.1, 0.15) is 5.56 Å². The number of halogens is 1. The van der Waals surface area contributed by atoms with E-state index in [0.29, 0.717) is 18.4 Å². The van der Waals surface area contributed by atoms with E-state index in [2.05, 4.69) is 30.9 Å². The summed E-state index contributed by atoms with van der Waals surface area (Å²) in [5.74, 6) is -0.362. The Hall–Kier alpha value is -1.97. The zero-order valence-electron chi connectivity index (χ0n) is 13.1. The highest BCUT2D eigenvalue weighted by Crippen LogP contribution is 2.29. The number of hydrogen-bond acceptors (Lipinski definition) is 6. The van der Waals surface area contributed by atoms with Crippen molar-refractivity contribution < 1.29 is 9.53 Å². The SMILES string of the molecule is N=C1/C(=C/c2ccc(Br)cc2)C(=O)N=C2SC(N3CCOCC3)=NN12. The van der Waals surface area contributed by atoms with Gasteiger partial charge >= 0.3 is 0 Å². The summed E-state index contributed by atoms with van der Waals surface area (Å²) in [7, 11) is 0. The van der Waals surface area contributed by atoms with Crippen LogP contribution in [0, 0.1) is 5.41 Å². The fraction of sp³-hybridized carbons (Fsp3) is 0.250. The predicted molar refractivity (Wildman–Crippen MR) is 102 cm³/mol. The number of nitrogens with zero attached hydrogens (tertiary/aromatic N) is 4. The highest BCUT2D eigenvalue weighted by Gasteiger charge is 2.37. The number of hydrazone groups is 1. The third kappa shape index (κ3) is 3.26. The van der Waals surface area contributed by atoms with E-state index in [4.69, 9.17) is 10.1 Å². The summed E-state index contributed by atoms with van der Waals surface area (Å²) in [6.45, 7) is 2.79. The molecule has 1 aromatic carbocycles. The van der Waals surface area contributed by atoms with Gasteiger partial charge in [0.15, 0.2) is 11.0 Å². The average molecular weight is 420 g/mol. The van der Waals surface area contributed by atoms with Crippen molar-refractivity contribution in [1.82, 2.24) is 9.91 Å². The van der Waals surface area contributed by atoms with E-state index in [1.807, 2.05) is 24.3 Å². The van der Waals surface area contributed by atoms with Gasteiger partial charge in [-0.1, -0.05) is 28.1 Å². The molecule has 9 heteroatoms. The molecule has 0 atom stereocenters. The van der Waals surface area contributed by atoms with Gasteiger partial charge < -0.3 is 9.64 Å². The number of fused-ring (bicyclic) bond motifs is 1. The standard InChI is InChI=1S/C16H14BrN5O2S/c17-11-3-1-10(2-4-11)9-12-13(18)22-15(19-14(12)23)25-16(20-22)21-5-7-24-8-6-21/h1-4,9,18H,5-8H2/b12-9-,18-13?. The molecule has 128 valence electrons. The van der Waals surface area contributed by atoms with Crippen LogP contribution in [-0.2, 0) is 9.53 Å². The number of amides is 1. The second-order valence-corrected chi connectivity index (χ2v) is 7.40. The number of carbonyl (C=O) groups is 1. The van der Waals surface area contributed by atoms with Gasteiger partial charge in [0, 0.05) is 17.6 Å². The van der Waals surface area contributed by atoms with Crippen LogP contribution in [0.3, 0.4) is 0 Å². The van der Waals surface area contributed by atoms with Crippen molar-refractivity contribution in [3.8, 4) is 0 Å². The molecule has 0 aliphatic carbocycles. The molecule has 4 rings (SSSR count). The summed E-state index contributed by atoms with van der Waals surface area (Å²) in [6, 6.07) is 7.52. The summed E-state index contributed by atoms with van der Waals surface area (Å²) >= 11 is 4.70. The molecule has 1 fully saturated rings. The maximum atomic E-state index is 12.4. The highest BCUT2D eigenvalue weighted by molar-refractivity contribution is 9.10. The third-order valence-electron chi connectivity index (χ3n) is 3.91. The minimum absolute atomic E-state index is 0.0497. The quantitative estimate of drug-likeness (QED) is 0.706. The molecule has 0 spiro atoms. The lowest BCUT2D eigenvalue weighted by Crippen LogP contribution is -2.39. The van der Waals surface area contributed by atoms with Gasteiger partial charge in [-0.25, -0.2) is 0 Å². The minimum atomic E-state index is -0.412. The Balaban J connectivity index is 1.62. The van der Waals surface area contributed by atoms with Crippen LogP contribution >= 0.6 is 27.7 Å². The van der Waals surface area contributed by atoms with E-state index in [-0.39, 0.29) is 11.4 Å². The first-order valence-corrected chi connectivity index (χ1v) is 9.31. The van der Waals surface area contributed by atoms with Crippen LogP contribution in [0.4, 0.5) is 0 Å². The lowest BCUT2D eigenvalue weighted by Gasteiger charge is -2.26. The van der Waals surface area contributed by atoms with Crippen molar-refractivity contribution in [1.29, 1.82) is 5.41 Å². The van der Waals surface area contributed by atoms with Gasteiger partial charge in [0.05, 0.1) is 18.8 Å². The molecule has 1 amide bonds. The Morgan fingerprint density at radius 3 is 2.64 bits per heavy atom. The monoisotopic (exact) mass is 419 g/mol. The normalized spacial score (nSPS) is 22.2. The van der Waals surface area contributed by atoms with Crippen molar-refractivity contribution >= 4 is 55.8 Å². The zero-order chi connectivity index (χ0) is 17.4. The molecule has 0 saturated carbocycles. The number of amidine groups is 3. The number of morpholine rings is 1. The maximum absolute atomic E-state index is 12.4. The maximum Gasteiger partial charge on any atom is 0.283 e. The molecule has 7 nitrogen and oxygen atoms in total. The second-order valence-electron chi connectivity index (χ2n) is 5.55. The first kappa shape index (κ1) is 16.5. The molecule has 0 aromatic heterocycles. The second kappa shape index (κ2) is 6.74. The van der Waals surface area contributed by atoms with E-state index in [9.17, 15) is 4.79 Å². The van der Waals surface area contributed by atoms with Gasteiger partial charge in [-0.3, -0.25) is 10.2 Å². The van der Waals surface area contributed by atoms with Crippen LogP contribution in [0.15, 0.2) is 44.4 Å². The highest BCUT2D eigenvalue weighted by atomic mass is 79.9. The summed E-state index contributed by atoms with van der Waals surface area (Å²) < 4.78 is 6.30. The van der Waals surface area contributed by atoms with Gasteiger partial charge in [0.2, 0.25) is 5.17 Å². The number of aliphatic imine (C=N–C) groups is 1. The van der Waals surface area contributed by atoms with Crippen LogP contribution in [0.2, 0.25) is 0 Å². The molecule has 25 heavy (non-hydrogen) atoms. The van der Waals surface area contributed by atoms with Crippen molar-refractivity contribution in [2.24, 2.45) is 10.1 Å². The topological polar surface area (TPSA) is 81.3 Å². The predicted octanol–water partition coefficient (Wildman–Crippen LogP) is 2.36. The van der Waals surface area contributed by atoms with Crippen molar-refractivity contribution in [3.05, 3.63) is 39.9 Å². The van der Waals surface area contributed by atoms with Crippen LogP contribution in [0.25, 0.3) is 6.08 Å². The van der Waals surface area contributed by atoms with Gasteiger partial charge in [-0.2, -0.15) is 10.0 Å². The van der Waals surface area contributed by atoms with E-state index in [0.717, 1.165) is 28.3 Å². The first-order valence-electron chi connectivity index (χ1n) is 7.70. The average Bonchev–Trinajstić information content (AvgIpc) is 3.05. The molecule has 0 radical (unpaired) electrons. The first-order chi connectivity index (χ1) is 12.1. The summed E-state index contributed by atoms with van der Waals surface area (Å²) in [5, 5.41) is 15.5. The van der Waals surface area contributed by atoms with Crippen LogP contribution in [-0.4, -0.2) is 58.3 Å². The summed E-state index contributed by atoms with van der Waals surface area (Å²) in [5.41, 5.74) is 1.07. The molecule has 1 saturated heterocycles. The molecule has 1 N–H and O–H groups in total. The molecular formula is C16H14BrN5O2S. The molecule has 1 aromatic rings. The number of ether oxygens (including phenoxy) is 1. The molecule has 3 aliphatic rings. The van der Waals surface area contributed by atoms with Gasteiger partial charge in [-0.05, 0) is 35.5 Å². The third-order valence-corrected chi connectivity index (χ3v) is 5.40. The van der Waals surface area contributed by atoms with Crippen LogP contribution in [0.5, 0.6) is 0 Å². The summed E-state index contributed by atoms with van der Waals surface area (Å²) in [4.78, 5) is 18.6. The molecule has 0 bridgehead atoms. The van der Waals surface area contributed by atoms with Crippen molar-refractivity contribution in [2.45, 2.75) is 0 Å². The van der Waals surface area contributed by atoms with Crippen molar-refractivity contribution in [3.63, 3.8) is 0 Å². The fourth-order valence-corrected chi connectivity index (χ4v) is 3.80. The number of rotatable bonds is 1. The molecule has 3 aliphatic heterocycles. The Labute approximate surface area is 157 Å². The minimum Gasteiger partial charge on any atom is -0.378 e. The number of nitrogens with one attached hydrogen (secondary N) is 1. The zero-order valence-corrected chi connectivity index (χ0v) is 15.5. The molecular weight excluding hydrogens is 406 g/mol. The van der Waals surface area contributed by atoms with Gasteiger partial charge in [-0.15, -0.1) is 5.10 Å². The van der Waals surface area contributed by atoms with Gasteiger partial charge in [0.25, 0.3) is 5.91 Å².